The largest absolute Gasteiger partial charge is 0.332 e. The molecule has 0 spiro atoms. The smallest absolute Gasteiger partial charge is 0.257 e. The topological polar surface area (TPSA) is 115 Å². The van der Waals surface area contributed by atoms with Crippen molar-refractivity contribution in [2.24, 2.45) is 11.8 Å². The van der Waals surface area contributed by atoms with E-state index < -0.39 is 15.9 Å². The highest BCUT2D eigenvalue weighted by Crippen LogP contribution is 2.22. The highest BCUT2D eigenvalue weighted by molar-refractivity contribution is 7.88. The van der Waals surface area contributed by atoms with E-state index in [0.717, 1.165) is 30.3 Å². The molecule has 31 heavy (non-hydrogen) atoms. The fraction of sp³-hybridized carbons (Fsp3) is 0.500. The number of sulfonamides is 1. The van der Waals surface area contributed by atoms with Crippen molar-refractivity contribution in [3.63, 3.8) is 0 Å². The molecule has 0 fully saturated rings. The molecule has 0 saturated heterocycles. The molecule has 0 aliphatic rings. The zero-order valence-corrected chi connectivity index (χ0v) is 19.3. The van der Waals surface area contributed by atoms with Gasteiger partial charge in [-0.2, -0.15) is 10.1 Å². The molecule has 0 saturated carbocycles. The maximum absolute atomic E-state index is 12.1. The van der Waals surface area contributed by atoms with E-state index in [1.165, 1.54) is 17.9 Å². The summed E-state index contributed by atoms with van der Waals surface area (Å²) in [7, 11) is -2.37. The highest BCUT2D eigenvalue weighted by Gasteiger charge is 2.19. The number of likely N-dealkylation sites (N-methyl/N-ethyl adjacent to an activating group) is 1. The van der Waals surface area contributed by atoms with Crippen LogP contribution in [0.5, 0.6) is 0 Å². The molecule has 0 bridgehead atoms. The second-order valence-electron chi connectivity index (χ2n) is 8.03. The van der Waals surface area contributed by atoms with E-state index in [2.05, 4.69) is 45.7 Å². The average Bonchev–Trinajstić information content (AvgIpc) is 3.31. The number of hydrogen-bond acceptors (Lipinski definition) is 7. The predicted octanol–water partition coefficient (Wildman–Crippen LogP) is 2.47. The maximum Gasteiger partial charge on any atom is 0.257 e. The SMILES string of the molecule is CCC(Cn1ccc2cnc(Nc3cnn(CC(=O)N(C)S(C)(=O)=O)c3)nc21)C(C)C. The molecule has 10 nitrogen and oxygen atoms in total. The van der Waals surface area contributed by atoms with E-state index in [4.69, 9.17) is 0 Å². The van der Waals surface area contributed by atoms with Gasteiger partial charge in [0.1, 0.15) is 12.2 Å². The Morgan fingerprint density at radius 1 is 1.29 bits per heavy atom. The summed E-state index contributed by atoms with van der Waals surface area (Å²) in [5, 5.41) is 8.17. The highest BCUT2D eigenvalue weighted by atomic mass is 32.2. The summed E-state index contributed by atoms with van der Waals surface area (Å²) in [5.74, 6) is 0.979. The monoisotopic (exact) mass is 447 g/mol. The van der Waals surface area contributed by atoms with Gasteiger partial charge in [0.15, 0.2) is 0 Å². The zero-order valence-electron chi connectivity index (χ0n) is 18.5. The van der Waals surface area contributed by atoms with Crippen molar-refractivity contribution in [2.45, 2.75) is 40.3 Å². The summed E-state index contributed by atoms with van der Waals surface area (Å²) in [4.78, 5) is 21.1. The Morgan fingerprint density at radius 3 is 2.68 bits per heavy atom. The number of nitrogens with zero attached hydrogens (tertiary/aromatic N) is 6. The number of fused-ring (bicyclic) bond motifs is 1. The quantitative estimate of drug-likeness (QED) is 0.536. The summed E-state index contributed by atoms with van der Waals surface area (Å²) >= 11 is 0. The number of hydrogen-bond donors (Lipinski definition) is 1. The van der Waals surface area contributed by atoms with Crippen LogP contribution < -0.4 is 5.32 Å². The number of anilines is 2. The van der Waals surface area contributed by atoms with Crippen molar-refractivity contribution in [2.75, 3.05) is 18.6 Å². The van der Waals surface area contributed by atoms with Crippen molar-refractivity contribution < 1.29 is 13.2 Å². The van der Waals surface area contributed by atoms with Crippen LogP contribution in [0.2, 0.25) is 0 Å². The van der Waals surface area contributed by atoms with Crippen molar-refractivity contribution in [3.8, 4) is 0 Å². The van der Waals surface area contributed by atoms with Gasteiger partial charge in [0.25, 0.3) is 5.91 Å². The molecule has 0 aliphatic carbocycles. The third-order valence-electron chi connectivity index (χ3n) is 5.44. The van der Waals surface area contributed by atoms with Crippen LogP contribution in [0.4, 0.5) is 11.6 Å². The minimum Gasteiger partial charge on any atom is -0.332 e. The first-order valence-corrected chi connectivity index (χ1v) is 12.0. The number of aromatic nitrogens is 5. The molecule has 3 heterocycles. The Morgan fingerprint density at radius 2 is 2.03 bits per heavy atom. The van der Waals surface area contributed by atoms with Gasteiger partial charge in [-0.05, 0) is 17.9 Å². The number of carbonyl (C=O) groups excluding carboxylic acids is 1. The lowest BCUT2D eigenvalue weighted by atomic mass is 9.93. The van der Waals surface area contributed by atoms with Crippen LogP contribution >= 0.6 is 0 Å². The van der Waals surface area contributed by atoms with Crippen LogP contribution in [0.15, 0.2) is 30.9 Å². The van der Waals surface area contributed by atoms with E-state index in [1.54, 1.807) is 12.4 Å². The van der Waals surface area contributed by atoms with Crippen LogP contribution in [0.3, 0.4) is 0 Å². The van der Waals surface area contributed by atoms with E-state index >= 15 is 0 Å². The molecule has 3 aromatic heterocycles. The summed E-state index contributed by atoms with van der Waals surface area (Å²) in [6, 6.07) is 2.01. The van der Waals surface area contributed by atoms with Crippen LogP contribution in [-0.4, -0.2) is 56.2 Å². The van der Waals surface area contributed by atoms with Crippen molar-refractivity contribution >= 4 is 38.6 Å². The van der Waals surface area contributed by atoms with Crippen molar-refractivity contribution in [1.82, 2.24) is 28.6 Å². The second kappa shape index (κ2) is 9.04. The summed E-state index contributed by atoms with van der Waals surface area (Å²) in [6.07, 6.45) is 9.02. The lowest BCUT2D eigenvalue weighted by molar-refractivity contribution is -0.126. The Bertz CT molecular complexity index is 1170. The van der Waals surface area contributed by atoms with Crippen LogP contribution in [0.1, 0.15) is 27.2 Å². The van der Waals surface area contributed by atoms with Gasteiger partial charge < -0.3 is 9.88 Å². The molecule has 11 heteroatoms. The van der Waals surface area contributed by atoms with Crippen molar-refractivity contribution in [3.05, 3.63) is 30.9 Å². The number of amides is 1. The third kappa shape index (κ3) is 5.40. The molecule has 3 rings (SSSR count). The van der Waals surface area contributed by atoms with Gasteiger partial charge in [-0.15, -0.1) is 0 Å². The van der Waals surface area contributed by atoms with Gasteiger partial charge >= 0.3 is 0 Å². The summed E-state index contributed by atoms with van der Waals surface area (Å²) in [6.45, 7) is 7.37. The first-order valence-electron chi connectivity index (χ1n) is 10.2. The van der Waals surface area contributed by atoms with E-state index in [9.17, 15) is 13.2 Å². The van der Waals surface area contributed by atoms with Crippen molar-refractivity contribution in [1.29, 1.82) is 0 Å². The van der Waals surface area contributed by atoms with E-state index in [1.807, 2.05) is 12.3 Å². The fourth-order valence-electron chi connectivity index (χ4n) is 3.31. The normalized spacial score (nSPS) is 13.0. The fourth-order valence-corrected chi connectivity index (χ4v) is 3.74. The van der Waals surface area contributed by atoms with Gasteiger partial charge in [-0.1, -0.05) is 27.2 Å². The van der Waals surface area contributed by atoms with Crippen LogP contribution in [0.25, 0.3) is 11.0 Å². The molecule has 0 aliphatic heterocycles. The average molecular weight is 448 g/mol. The number of nitrogens with one attached hydrogen (secondary N) is 1. The molecule has 1 atom stereocenters. The molecule has 3 aromatic rings. The second-order valence-corrected chi connectivity index (χ2v) is 10.0. The Labute approximate surface area is 182 Å². The Hall–Kier alpha value is -2.95. The van der Waals surface area contributed by atoms with Gasteiger partial charge in [-0.25, -0.2) is 17.7 Å². The number of carbonyl (C=O) groups is 1. The van der Waals surface area contributed by atoms with Gasteiger partial charge in [0, 0.05) is 37.6 Å². The molecule has 1 unspecified atom stereocenters. The third-order valence-corrected chi connectivity index (χ3v) is 6.63. The van der Waals surface area contributed by atoms with Crippen LogP contribution in [0, 0.1) is 11.8 Å². The van der Waals surface area contributed by atoms with Gasteiger partial charge in [0.2, 0.25) is 16.0 Å². The van der Waals surface area contributed by atoms with E-state index in [-0.39, 0.29) is 6.54 Å². The Kier molecular flexibility index (Phi) is 6.63. The van der Waals surface area contributed by atoms with Gasteiger partial charge in [0.05, 0.1) is 18.1 Å². The summed E-state index contributed by atoms with van der Waals surface area (Å²) in [5.41, 5.74) is 1.45. The van der Waals surface area contributed by atoms with Gasteiger partial charge in [-0.3, -0.25) is 9.48 Å². The molecular formula is C20H29N7O3S. The Balaban J connectivity index is 1.74. The lowest BCUT2D eigenvalue weighted by Crippen LogP contribution is -2.34. The molecular weight excluding hydrogens is 418 g/mol. The first-order chi connectivity index (χ1) is 14.6. The molecule has 168 valence electrons. The zero-order chi connectivity index (χ0) is 22.8. The summed E-state index contributed by atoms with van der Waals surface area (Å²) < 4.78 is 27.2. The van der Waals surface area contributed by atoms with Crippen LogP contribution in [-0.2, 0) is 27.9 Å². The minimum atomic E-state index is -3.59. The molecule has 0 radical (unpaired) electrons. The maximum atomic E-state index is 12.1. The first kappa shape index (κ1) is 22.7. The predicted molar refractivity (Wildman–Crippen MR) is 119 cm³/mol. The van der Waals surface area contributed by atoms with E-state index in [0.29, 0.717) is 27.8 Å². The molecule has 1 amide bonds. The minimum absolute atomic E-state index is 0.193. The molecule has 0 aromatic carbocycles. The molecule has 1 N–H and O–H groups in total. The number of rotatable bonds is 9. The standard InChI is InChI=1S/C20H29N7O3S/c1-6-15(14(2)3)11-26-8-7-16-9-21-20(24-19(16)26)23-17-10-22-27(12-17)13-18(28)25(4)31(5,29)30/h7-10,12,14-15H,6,11,13H2,1-5H3,(H,21,23,24). The lowest BCUT2D eigenvalue weighted by Gasteiger charge is -2.20.